The number of morpholine rings is 1. The zero-order valence-corrected chi connectivity index (χ0v) is 12.5. The molecule has 7 nitrogen and oxygen atoms in total. The Bertz CT molecular complexity index is 496. The van der Waals surface area contributed by atoms with E-state index in [1.54, 1.807) is 0 Å². The van der Waals surface area contributed by atoms with Gasteiger partial charge in [-0.3, -0.25) is 4.79 Å². The number of fused-ring (bicyclic) bond motifs is 1. The van der Waals surface area contributed by atoms with Gasteiger partial charge < -0.3 is 19.9 Å². The summed E-state index contributed by atoms with van der Waals surface area (Å²) < 4.78 is 7.50. The van der Waals surface area contributed by atoms with Crippen molar-refractivity contribution in [3.05, 3.63) is 11.6 Å². The number of nitrogens with zero attached hydrogens (tertiary/aromatic N) is 3. The van der Waals surface area contributed by atoms with E-state index < -0.39 is 0 Å². The first-order valence-corrected chi connectivity index (χ1v) is 7.79. The van der Waals surface area contributed by atoms with Gasteiger partial charge in [-0.15, -0.1) is 10.2 Å². The molecule has 7 heteroatoms. The molecule has 2 unspecified atom stereocenters. The summed E-state index contributed by atoms with van der Waals surface area (Å²) in [7, 11) is 0. The summed E-state index contributed by atoms with van der Waals surface area (Å²) in [5, 5.41) is 14.7. The lowest BCUT2D eigenvalue weighted by molar-refractivity contribution is -0.126. The predicted octanol–water partition coefficient (Wildman–Crippen LogP) is 0.170. The SMILES string of the molecule is CC(NC(=O)C1COCCN1)c1nnc2n1CCCCC2. The van der Waals surface area contributed by atoms with Gasteiger partial charge in [0.15, 0.2) is 5.82 Å². The first-order valence-electron chi connectivity index (χ1n) is 7.79. The smallest absolute Gasteiger partial charge is 0.240 e. The molecular weight excluding hydrogens is 270 g/mol. The van der Waals surface area contributed by atoms with Crippen LogP contribution in [0.4, 0.5) is 0 Å². The summed E-state index contributed by atoms with van der Waals surface area (Å²) in [6.45, 7) is 4.72. The van der Waals surface area contributed by atoms with Crippen LogP contribution in [0.5, 0.6) is 0 Å². The first kappa shape index (κ1) is 14.5. The van der Waals surface area contributed by atoms with E-state index in [0.29, 0.717) is 19.8 Å². The van der Waals surface area contributed by atoms with Crippen molar-refractivity contribution < 1.29 is 9.53 Å². The maximum atomic E-state index is 12.2. The van der Waals surface area contributed by atoms with Crippen LogP contribution >= 0.6 is 0 Å². The molecule has 21 heavy (non-hydrogen) atoms. The van der Waals surface area contributed by atoms with Crippen LogP contribution in [0.2, 0.25) is 0 Å². The van der Waals surface area contributed by atoms with Crippen LogP contribution < -0.4 is 10.6 Å². The Morgan fingerprint density at radius 1 is 1.43 bits per heavy atom. The average Bonchev–Trinajstić information content (AvgIpc) is 2.77. The van der Waals surface area contributed by atoms with Crippen molar-refractivity contribution in [1.29, 1.82) is 0 Å². The van der Waals surface area contributed by atoms with Crippen molar-refractivity contribution >= 4 is 5.91 Å². The summed E-state index contributed by atoms with van der Waals surface area (Å²) in [6.07, 6.45) is 4.53. The average molecular weight is 293 g/mol. The third kappa shape index (κ3) is 3.24. The van der Waals surface area contributed by atoms with Crippen LogP contribution in [-0.4, -0.2) is 46.5 Å². The number of aromatic nitrogens is 3. The quantitative estimate of drug-likeness (QED) is 0.830. The molecule has 0 radical (unpaired) electrons. The zero-order chi connectivity index (χ0) is 14.7. The lowest BCUT2D eigenvalue weighted by atomic mass is 10.2. The molecule has 2 N–H and O–H groups in total. The van der Waals surface area contributed by atoms with Gasteiger partial charge >= 0.3 is 0 Å². The first-order chi connectivity index (χ1) is 10.3. The number of carbonyl (C=O) groups excluding carboxylic acids is 1. The largest absolute Gasteiger partial charge is 0.378 e. The van der Waals surface area contributed by atoms with Crippen molar-refractivity contribution in [1.82, 2.24) is 25.4 Å². The molecule has 3 rings (SSSR count). The van der Waals surface area contributed by atoms with Crippen LogP contribution in [-0.2, 0) is 22.5 Å². The van der Waals surface area contributed by atoms with Crippen molar-refractivity contribution in [2.24, 2.45) is 0 Å². The highest BCUT2D eigenvalue weighted by atomic mass is 16.5. The van der Waals surface area contributed by atoms with Gasteiger partial charge in [-0.05, 0) is 19.8 Å². The van der Waals surface area contributed by atoms with Gasteiger partial charge in [-0.25, -0.2) is 0 Å². The molecule has 0 saturated carbocycles. The molecule has 1 aromatic heterocycles. The van der Waals surface area contributed by atoms with Gasteiger partial charge in [-0.2, -0.15) is 0 Å². The normalized spacial score (nSPS) is 24.0. The van der Waals surface area contributed by atoms with Gasteiger partial charge in [0.25, 0.3) is 0 Å². The number of ether oxygens (including phenoxy) is 1. The van der Waals surface area contributed by atoms with E-state index >= 15 is 0 Å². The van der Waals surface area contributed by atoms with Crippen LogP contribution in [0, 0.1) is 0 Å². The summed E-state index contributed by atoms with van der Waals surface area (Å²) in [5.74, 6) is 1.87. The van der Waals surface area contributed by atoms with Gasteiger partial charge in [0.05, 0.1) is 19.3 Å². The number of rotatable bonds is 3. The summed E-state index contributed by atoms with van der Waals surface area (Å²) in [6, 6.07) is -0.409. The second-order valence-corrected chi connectivity index (χ2v) is 5.75. The van der Waals surface area contributed by atoms with Gasteiger partial charge in [-0.1, -0.05) is 6.42 Å². The molecule has 2 atom stereocenters. The third-order valence-corrected chi connectivity index (χ3v) is 4.12. The van der Waals surface area contributed by atoms with Gasteiger partial charge in [0.2, 0.25) is 5.91 Å². The molecule has 2 aliphatic rings. The topological polar surface area (TPSA) is 81.1 Å². The maximum Gasteiger partial charge on any atom is 0.240 e. The van der Waals surface area contributed by atoms with E-state index in [1.807, 2.05) is 6.92 Å². The van der Waals surface area contributed by atoms with E-state index in [1.165, 1.54) is 12.8 Å². The number of carbonyl (C=O) groups is 1. The van der Waals surface area contributed by atoms with Crippen LogP contribution in [0.1, 0.15) is 43.9 Å². The van der Waals surface area contributed by atoms with Crippen LogP contribution in [0.25, 0.3) is 0 Å². The molecule has 0 bridgehead atoms. The summed E-state index contributed by atoms with van der Waals surface area (Å²) in [5.41, 5.74) is 0. The summed E-state index contributed by atoms with van der Waals surface area (Å²) >= 11 is 0. The Morgan fingerprint density at radius 2 is 2.33 bits per heavy atom. The van der Waals surface area contributed by atoms with Crippen molar-refractivity contribution in [3.63, 3.8) is 0 Å². The zero-order valence-electron chi connectivity index (χ0n) is 12.5. The Kier molecular flexibility index (Phi) is 4.50. The number of amides is 1. The highest BCUT2D eigenvalue weighted by Gasteiger charge is 2.25. The maximum absolute atomic E-state index is 12.2. The van der Waals surface area contributed by atoms with Crippen molar-refractivity contribution in [2.45, 2.75) is 51.2 Å². The van der Waals surface area contributed by atoms with Gasteiger partial charge in [0, 0.05) is 19.5 Å². The molecule has 2 aliphatic heterocycles. The van der Waals surface area contributed by atoms with Crippen LogP contribution in [0.3, 0.4) is 0 Å². The highest BCUT2D eigenvalue weighted by molar-refractivity contribution is 5.82. The lowest BCUT2D eigenvalue weighted by Gasteiger charge is -2.24. The van der Waals surface area contributed by atoms with Crippen molar-refractivity contribution in [2.75, 3.05) is 19.8 Å². The van der Waals surface area contributed by atoms with E-state index in [4.69, 9.17) is 4.74 Å². The molecule has 0 spiro atoms. The molecule has 1 aromatic rings. The van der Waals surface area contributed by atoms with E-state index in [2.05, 4.69) is 25.4 Å². The monoisotopic (exact) mass is 293 g/mol. The fourth-order valence-corrected chi connectivity index (χ4v) is 2.94. The Labute approximate surface area is 124 Å². The van der Waals surface area contributed by atoms with E-state index in [9.17, 15) is 4.79 Å². The Morgan fingerprint density at radius 3 is 3.14 bits per heavy atom. The number of aryl methyl sites for hydroxylation is 1. The minimum Gasteiger partial charge on any atom is -0.378 e. The van der Waals surface area contributed by atoms with Crippen LogP contribution in [0.15, 0.2) is 0 Å². The van der Waals surface area contributed by atoms with Gasteiger partial charge in [0.1, 0.15) is 11.9 Å². The molecular formula is C14H23N5O2. The molecule has 1 saturated heterocycles. The number of hydrogen-bond acceptors (Lipinski definition) is 5. The predicted molar refractivity (Wildman–Crippen MR) is 76.7 cm³/mol. The Hall–Kier alpha value is -1.47. The second kappa shape index (κ2) is 6.53. The minimum atomic E-state index is -0.271. The fourth-order valence-electron chi connectivity index (χ4n) is 2.94. The molecule has 0 aromatic carbocycles. The fraction of sp³-hybridized carbons (Fsp3) is 0.786. The van der Waals surface area contributed by atoms with E-state index in [0.717, 1.165) is 31.0 Å². The minimum absolute atomic E-state index is 0.0341. The number of hydrogen-bond donors (Lipinski definition) is 2. The highest BCUT2D eigenvalue weighted by Crippen LogP contribution is 2.18. The molecule has 0 aliphatic carbocycles. The van der Waals surface area contributed by atoms with E-state index in [-0.39, 0.29) is 18.0 Å². The molecule has 1 amide bonds. The number of nitrogens with one attached hydrogen (secondary N) is 2. The Balaban J connectivity index is 1.66. The lowest BCUT2D eigenvalue weighted by Crippen LogP contribution is -2.51. The molecule has 1 fully saturated rings. The standard InChI is InChI=1S/C14H23N5O2/c1-10(16-14(20)11-9-21-8-6-15-11)13-18-17-12-5-3-2-4-7-19(12)13/h10-11,15H,2-9H2,1H3,(H,16,20). The molecule has 116 valence electrons. The second-order valence-electron chi connectivity index (χ2n) is 5.75. The molecule has 3 heterocycles. The third-order valence-electron chi connectivity index (χ3n) is 4.12. The van der Waals surface area contributed by atoms with Crippen molar-refractivity contribution in [3.8, 4) is 0 Å². The summed E-state index contributed by atoms with van der Waals surface area (Å²) in [4.78, 5) is 12.2.